The molecule has 7 rings (SSSR count). The van der Waals surface area contributed by atoms with Crippen LogP contribution in [0.1, 0.15) is 70.3 Å². The van der Waals surface area contributed by atoms with Crippen LogP contribution in [0.25, 0.3) is 11.1 Å². The number of nitrogens with one attached hydrogen (secondary N) is 3. The summed E-state index contributed by atoms with van der Waals surface area (Å²) in [6, 6.07) is 9.41. The first-order valence-electron chi connectivity index (χ1n) is 17.5. The SMILES string of the molecule is CC1(S(=O)(=O)NC(=O)[C@@]23C[C@@H]2/C=C\CCCCC[C@H](Nc2cccc(C(F)(F)F)c2)C(=O)N2C[C@H](Oc4nc5ccccc5o4)C[C@H]2C(=O)N3)CC1. The van der Waals surface area contributed by atoms with Gasteiger partial charge < -0.3 is 24.7 Å². The Morgan fingerprint density at radius 3 is 2.63 bits per heavy atom. The molecule has 278 valence electrons. The number of halogens is 3. The van der Waals surface area contributed by atoms with Crippen molar-refractivity contribution in [3.05, 3.63) is 66.2 Å². The van der Waals surface area contributed by atoms with Crippen molar-refractivity contribution in [3.8, 4) is 6.08 Å². The minimum Gasteiger partial charge on any atom is -0.445 e. The van der Waals surface area contributed by atoms with Gasteiger partial charge in [0.15, 0.2) is 5.58 Å². The molecular weight excluding hydrogens is 703 g/mol. The molecular formula is C36H40F3N5O7S. The largest absolute Gasteiger partial charge is 0.445 e. The van der Waals surface area contributed by atoms with Gasteiger partial charge >= 0.3 is 12.3 Å². The highest BCUT2D eigenvalue weighted by atomic mass is 32.2. The third kappa shape index (κ3) is 7.21. The normalized spacial score (nSPS) is 28.4. The number of oxazole rings is 1. The van der Waals surface area contributed by atoms with Crippen LogP contribution in [-0.2, 0) is 30.6 Å². The molecule has 2 saturated carbocycles. The molecule has 2 aromatic carbocycles. The third-order valence-corrected chi connectivity index (χ3v) is 12.7. The predicted molar refractivity (Wildman–Crippen MR) is 183 cm³/mol. The molecule has 3 heterocycles. The van der Waals surface area contributed by atoms with Crippen LogP contribution in [0.5, 0.6) is 6.08 Å². The van der Waals surface area contributed by atoms with Gasteiger partial charge in [-0.25, -0.2) is 8.42 Å². The van der Waals surface area contributed by atoms with E-state index >= 15 is 0 Å². The van der Waals surface area contributed by atoms with Gasteiger partial charge in [0.25, 0.3) is 5.91 Å². The second-order valence-corrected chi connectivity index (χ2v) is 16.6. The van der Waals surface area contributed by atoms with E-state index in [-0.39, 0.29) is 37.6 Å². The topological polar surface area (TPSA) is 160 Å². The van der Waals surface area contributed by atoms with Crippen molar-refractivity contribution in [2.45, 2.75) is 99.4 Å². The summed E-state index contributed by atoms with van der Waals surface area (Å²) < 4.78 is 79.8. The van der Waals surface area contributed by atoms with Crippen LogP contribution in [0.4, 0.5) is 18.9 Å². The maximum atomic E-state index is 14.4. The van der Waals surface area contributed by atoms with Gasteiger partial charge in [-0.3, -0.25) is 19.1 Å². The van der Waals surface area contributed by atoms with Crippen LogP contribution in [0.15, 0.2) is 65.1 Å². The van der Waals surface area contributed by atoms with E-state index in [0.717, 1.165) is 18.6 Å². The Kier molecular flexibility index (Phi) is 9.24. The lowest BCUT2D eigenvalue weighted by Crippen LogP contribution is -2.58. The number of anilines is 1. The molecule has 3 amide bonds. The van der Waals surface area contributed by atoms with Crippen LogP contribution < -0.4 is 20.1 Å². The van der Waals surface area contributed by atoms with Crippen LogP contribution >= 0.6 is 0 Å². The molecule has 0 bridgehead atoms. The van der Waals surface area contributed by atoms with Gasteiger partial charge in [-0.15, -0.1) is 0 Å². The molecule has 3 aromatic rings. The molecule has 1 aromatic heterocycles. The van der Waals surface area contributed by atoms with Crippen molar-refractivity contribution in [2.24, 2.45) is 5.92 Å². The Balaban J connectivity index is 1.19. The molecule has 5 atom stereocenters. The number of carbonyl (C=O) groups is 3. The fraction of sp³-hybridized carbons (Fsp3) is 0.500. The maximum Gasteiger partial charge on any atom is 0.416 e. The van der Waals surface area contributed by atoms with E-state index in [1.54, 1.807) is 31.2 Å². The molecule has 2 aliphatic heterocycles. The average Bonchev–Trinajstić information content (AvgIpc) is 3.90. The summed E-state index contributed by atoms with van der Waals surface area (Å²) in [4.78, 5) is 48.1. The van der Waals surface area contributed by atoms with Gasteiger partial charge in [-0.05, 0) is 75.8 Å². The summed E-state index contributed by atoms with van der Waals surface area (Å²) in [5.74, 6) is -2.54. The molecule has 3 N–H and O–H groups in total. The minimum absolute atomic E-state index is 0.0266. The zero-order valence-electron chi connectivity index (χ0n) is 28.4. The van der Waals surface area contributed by atoms with Gasteiger partial charge in [0, 0.05) is 18.0 Å². The van der Waals surface area contributed by atoms with Crippen LogP contribution in [0.2, 0.25) is 0 Å². The first kappa shape index (κ1) is 35.8. The fourth-order valence-corrected chi connectivity index (χ4v) is 8.29. The molecule has 0 spiro atoms. The first-order chi connectivity index (χ1) is 24.7. The summed E-state index contributed by atoms with van der Waals surface area (Å²) in [7, 11) is -4.02. The maximum absolute atomic E-state index is 14.4. The summed E-state index contributed by atoms with van der Waals surface area (Å²) in [5.41, 5.74) is -1.33. The number of allylic oxidation sites excluding steroid dienone is 1. The lowest BCUT2D eigenvalue weighted by atomic mass is 10.0. The smallest absolute Gasteiger partial charge is 0.416 e. The number of fused-ring (bicyclic) bond motifs is 3. The highest BCUT2D eigenvalue weighted by Crippen LogP contribution is 2.47. The highest BCUT2D eigenvalue weighted by molar-refractivity contribution is 7.91. The van der Waals surface area contributed by atoms with E-state index in [0.29, 0.717) is 43.2 Å². The van der Waals surface area contributed by atoms with Gasteiger partial charge in [-0.2, -0.15) is 18.2 Å². The first-order valence-corrected chi connectivity index (χ1v) is 19.0. The number of hydrogen-bond donors (Lipinski definition) is 3. The standard InChI is InChI=1S/C36H40F3N5O7S/c1-34(16-17-34)52(48,49)43-32(47)35-20-23(35)10-5-3-2-4-6-14-27(40-24-12-9-11-22(18-24)36(37,38)39)31(46)44-21-25(19-28(44)30(45)42-35)50-33-41-26-13-7-8-15-29(26)51-33/h5,7-13,15,18,23,25,27-28,40H,2-4,6,14,16-17,19-21H2,1H3,(H,42,45)(H,43,47)/b10-5-/t23-,25+,27-,28-,35+/m0/s1. The van der Waals surface area contributed by atoms with Crippen LogP contribution in [0.3, 0.4) is 0 Å². The number of rotatable bonds is 7. The van der Waals surface area contributed by atoms with Gasteiger partial charge in [0.2, 0.25) is 21.8 Å². The average molecular weight is 744 g/mol. The van der Waals surface area contributed by atoms with E-state index in [2.05, 4.69) is 20.3 Å². The Morgan fingerprint density at radius 2 is 1.88 bits per heavy atom. The summed E-state index contributed by atoms with van der Waals surface area (Å²) >= 11 is 0. The second-order valence-electron chi connectivity index (χ2n) is 14.4. The Labute approximate surface area is 298 Å². The zero-order valence-corrected chi connectivity index (χ0v) is 29.3. The summed E-state index contributed by atoms with van der Waals surface area (Å²) in [6.45, 7) is 1.47. The number of ether oxygens (including phenoxy) is 1. The number of sulfonamides is 1. The van der Waals surface area contributed by atoms with E-state index < -0.39 is 73.9 Å². The van der Waals surface area contributed by atoms with E-state index in [1.807, 2.05) is 12.2 Å². The molecule has 3 fully saturated rings. The molecule has 1 saturated heterocycles. The molecule has 0 radical (unpaired) electrons. The number of hydrogen-bond acceptors (Lipinski definition) is 9. The lowest BCUT2D eigenvalue weighted by molar-refractivity contribution is -0.140. The number of alkyl halides is 3. The van der Waals surface area contributed by atoms with Gasteiger partial charge in [0.05, 0.1) is 16.9 Å². The van der Waals surface area contributed by atoms with Crippen LogP contribution in [0, 0.1) is 5.92 Å². The van der Waals surface area contributed by atoms with E-state index in [9.17, 15) is 36.0 Å². The number of carbonyl (C=O) groups excluding carboxylic acids is 3. The Bertz CT molecular complexity index is 1980. The Morgan fingerprint density at radius 1 is 1.10 bits per heavy atom. The molecule has 16 heteroatoms. The number of nitrogens with zero attached hydrogens (tertiary/aromatic N) is 2. The third-order valence-electron chi connectivity index (χ3n) is 10.5. The second kappa shape index (κ2) is 13.4. The summed E-state index contributed by atoms with van der Waals surface area (Å²) in [5, 5.41) is 5.81. The Hall–Kier alpha value is -4.60. The van der Waals surface area contributed by atoms with Crippen LogP contribution in [-0.4, -0.2) is 71.0 Å². The monoisotopic (exact) mass is 743 g/mol. The van der Waals surface area contributed by atoms with Crippen molar-refractivity contribution < 1.29 is 45.1 Å². The fourth-order valence-electron chi connectivity index (χ4n) is 6.98. The number of para-hydroxylation sites is 2. The molecule has 2 aliphatic carbocycles. The zero-order chi connectivity index (χ0) is 36.9. The van der Waals surface area contributed by atoms with E-state index in [1.165, 1.54) is 17.0 Å². The van der Waals surface area contributed by atoms with E-state index in [4.69, 9.17) is 9.15 Å². The number of benzene rings is 2. The highest BCUT2D eigenvalue weighted by Gasteiger charge is 2.63. The van der Waals surface area contributed by atoms with Gasteiger partial charge in [0.1, 0.15) is 29.2 Å². The number of amides is 3. The predicted octanol–water partition coefficient (Wildman–Crippen LogP) is 5.07. The molecule has 52 heavy (non-hydrogen) atoms. The quantitative estimate of drug-likeness (QED) is 0.281. The minimum atomic E-state index is -4.59. The van der Waals surface area contributed by atoms with Crippen molar-refractivity contribution in [3.63, 3.8) is 0 Å². The lowest BCUT2D eigenvalue weighted by Gasteiger charge is -2.30. The summed E-state index contributed by atoms with van der Waals surface area (Å²) in [6.07, 6.45) is 2.15. The molecule has 0 unspecified atom stereocenters. The molecule has 12 nitrogen and oxygen atoms in total. The molecule has 4 aliphatic rings. The van der Waals surface area contributed by atoms with Gasteiger partial charge in [-0.1, -0.05) is 43.2 Å². The number of aromatic nitrogens is 1. The van der Waals surface area contributed by atoms with Crippen molar-refractivity contribution in [2.75, 3.05) is 11.9 Å². The van der Waals surface area contributed by atoms with Crippen molar-refractivity contribution in [1.29, 1.82) is 0 Å². The van der Waals surface area contributed by atoms with Crippen molar-refractivity contribution in [1.82, 2.24) is 19.9 Å². The van der Waals surface area contributed by atoms with Crippen molar-refractivity contribution >= 4 is 44.5 Å².